The van der Waals surface area contributed by atoms with Gasteiger partial charge in [0.05, 0.1) is 6.26 Å². The molecule has 28 heavy (non-hydrogen) atoms. The molecule has 1 atom stereocenters. The van der Waals surface area contributed by atoms with Crippen LogP contribution in [0.1, 0.15) is 50.1 Å². The second-order valence-electron chi connectivity index (χ2n) is 6.86. The monoisotopic (exact) mass is 396 g/mol. The molecule has 142 valence electrons. The maximum absolute atomic E-state index is 12.6. The highest BCUT2D eigenvalue weighted by Crippen LogP contribution is 2.32. The summed E-state index contributed by atoms with van der Waals surface area (Å²) in [5.41, 5.74) is 1.57. The molecular formula is C21H17ClN2O4. The van der Waals surface area contributed by atoms with Crippen LogP contribution >= 0.6 is 11.6 Å². The first-order valence-electron chi connectivity index (χ1n) is 8.82. The van der Waals surface area contributed by atoms with E-state index in [4.69, 9.17) is 16.0 Å². The molecule has 6 nitrogen and oxygen atoms in total. The van der Waals surface area contributed by atoms with Crippen molar-refractivity contribution >= 4 is 29.0 Å². The van der Waals surface area contributed by atoms with E-state index in [1.807, 2.05) is 13.0 Å². The highest BCUT2D eigenvalue weighted by Gasteiger charge is 2.30. The first-order valence-corrected chi connectivity index (χ1v) is 9.20. The topological polar surface area (TPSA) is 92.2 Å². The maximum atomic E-state index is 12.6. The predicted octanol–water partition coefficient (Wildman–Crippen LogP) is 4.09. The molecule has 7 heteroatoms. The Labute approximate surface area is 165 Å². The fourth-order valence-corrected chi connectivity index (χ4v) is 3.61. The van der Waals surface area contributed by atoms with Crippen LogP contribution < -0.4 is 10.9 Å². The lowest BCUT2D eigenvalue weighted by atomic mass is 9.84. The summed E-state index contributed by atoms with van der Waals surface area (Å²) in [5, 5.41) is 3.16. The van der Waals surface area contributed by atoms with E-state index in [-0.39, 0.29) is 23.7 Å². The number of carbonyl (C=O) groups excluding carboxylic acids is 2. The Morgan fingerprint density at radius 3 is 2.79 bits per heavy atom. The van der Waals surface area contributed by atoms with Crippen LogP contribution in [0.25, 0.3) is 0 Å². The summed E-state index contributed by atoms with van der Waals surface area (Å²) < 4.78 is 5.40. The van der Waals surface area contributed by atoms with Gasteiger partial charge in [-0.1, -0.05) is 17.7 Å². The Bertz CT molecular complexity index is 1130. The number of ketones is 1. The number of nitrogens with one attached hydrogen (secondary N) is 2. The zero-order valence-electron chi connectivity index (χ0n) is 15.0. The van der Waals surface area contributed by atoms with Crippen molar-refractivity contribution in [3.8, 4) is 0 Å². The van der Waals surface area contributed by atoms with Gasteiger partial charge >= 0.3 is 0 Å². The first kappa shape index (κ1) is 18.3. The lowest BCUT2D eigenvalue weighted by molar-refractivity contribution is 0.0959. The number of furan rings is 1. The fraction of sp³-hybridized carbons (Fsp3) is 0.190. The van der Waals surface area contributed by atoms with Crippen molar-refractivity contribution in [2.24, 2.45) is 0 Å². The Kier molecular flexibility index (Phi) is 4.65. The minimum Gasteiger partial charge on any atom is -0.469 e. The molecule has 0 spiro atoms. The summed E-state index contributed by atoms with van der Waals surface area (Å²) in [6.07, 6.45) is 2.30. The van der Waals surface area contributed by atoms with Crippen molar-refractivity contribution in [2.75, 3.05) is 5.32 Å². The summed E-state index contributed by atoms with van der Waals surface area (Å²) in [7, 11) is 0. The molecular weight excluding hydrogens is 380 g/mol. The molecule has 0 unspecified atom stereocenters. The van der Waals surface area contributed by atoms with Crippen LogP contribution in [0.2, 0.25) is 5.02 Å². The number of amides is 1. The second-order valence-corrected chi connectivity index (χ2v) is 7.30. The highest BCUT2D eigenvalue weighted by molar-refractivity contribution is 6.31. The number of carbonyl (C=O) groups is 2. The zero-order chi connectivity index (χ0) is 19.8. The van der Waals surface area contributed by atoms with Crippen LogP contribution in [-0.2, 0) is 6.42 Å². The van der Waals surface area contributed by atoms with Gasteiger partial charge in [0.15, 0.2) is 5.78 Å². The van der Waals surface area contributed by atoms with Crippen LogP contribution in [0.15, 0.2) is 51.9 Å². The van der Waals surface area contributed by atoms with E-state index < -0.39 is 11.5 Å². The Morgan fingerprint density at radius 1 is 1.21 bits per heavy atom. The van der Waals surface area contributed by atoms with Crippen molar-refractivity contribution in [1.82, 2.24) is 4.98 Å². The lowest BCUT2D eigenvalue weighted by Gasteiger charge is -2.22. The van der Waals surface area contributed by atoms with E-state index in [1.165, 1.54) is 6.07 Å². The molecule has 2 heterocycles. The molecule has 0 saturated carbocycles. The van der Waals surface area contributed by atoms with E-state index >= 15 is 0 Å². The van der Waals surface area contributed by atoms with Crippen molar-refractivity contribution < 1.29 is 14.0 Å². The van der Waals surface area contributed by atoms with Crippen molar-refractivity contribution in [3.05, 3.63) is 86.2 Å². The molecule has 2 aromatic heterocycles. The molecule has 0 radical (unpaired) electrons. The van der Waals surface area contributed by atoms with Crippen LogP contribution in [0.5, 0.6) is 0 Å². The smallest absolute Gasteiger partial charge is 0.261 e. The normalized spacial score (nSPS) is 15.9. The number of hydrogen-bond acceptors (Lipinski definition) is 4. The van der Waals surface area contributed by atoms with Crippen molar-refractivity contribution in [2.45, 2.75) is 25.7 Å². The standard InChI is InChI=1S/C21H17ClN2O4/c1-11-4-5-13(22)9-16(11)23-20(26)15-10-14-17(24-21(15)27)7-12(8-18(14)25)19-3-2-6-28-19/h2-6,9-10,12H,7-8H2,1H3,(H,23,26)(H,24,27)/t12-/m1/s1. The number of halogens is 1. The third-order valence-corrected chi connectivity index (χ3v) is 5.18. The predicted molar refractivity (Wildman–Crippen MR) is 105 cm³/mol. The largest absolute Gasteiger partial charge is 0.469 e. The molecule has 1 aromatic carbocycles. The SMILES string of the molecule is Cc1ccc(Cl)cc1NC(=O)c1cc2c([nH]c1=O)C[C@@H](c1ccco1)CC2=O. The van der Waals surface area contributed by atoms with Gasteiger partial charge in [-0.3, -0.25) is 14.4 Å². The number of benzene rings is 1. The number of rotatable bonds is 3. The molecule has 1 amide bonds. The van der Waals surface area contributed by atoms with Crippen LogP contribution in [-0.4, -0.2) is 16.7 Å². The number of H-pyrrole nitrogens is 1. The zero-order valence-corrected chi connectivity index (χ0v) is 15.8. The molecule has 0 fully saturated rings. The summed E-state index contributed by atoms with van der Waals surface area (Å²) in [6, 6.07) is 10.1. The first-order chi connectivity index (χ1) is 13.4. The Balaban J connectivity index is 1.65. The van der Waals surface area contributed by atoms with Gasteiger partial charge in [0, 0.05) is 34.3 Å². The number of anilines is 1. The average molecular weight is 397 g/mol. The number of hydrogen-bond donors (Lipinski definition) is 2. The molecule has 2 N–H and O–H groups in total. The van der Waals surface area contributed by atoms with E-state index in [9.17, 15) is 14.4 Å². The van der Waals surface area contributed by atoms with Gasteiger partial charge in [0.1, 0.15) is 11.3 Å². The number of aromatic nitrogens is 1. The van der Waals surface area contributed by atoms with E-state index in [0.29, 0.717) is 34.1 Å². The summed E-state index contributed by atoms with van der Waals surface area (Å²) in [5.74, 6) is -0.139. The molecule has 1 aliphatic carbocycles. The number of aromatic amines is 1. The summed E-state index contributed by atoms with van der Waals surface area (Å²) in [4.78, 5) is 40.5. The molecule has 0 saturated heterocycles. The van der Waals surface area contributed by atoms with Crippen LogP contribution in [0, 0.1) is 6.92 Å². The number of Topliss-reactive ketones (excluding diaryl/α,β-unsaturated/α-hetero) is 1. The Morgan fingerprint density at radius 2 is 2.04 bits per heavy atom. The molecule has 1 aliphatic rings. The fourth-order valence-electron chi connectivity index (χ4n) is 3.44. The van der Waals surface area contributed by atoms with Crippen LogP contribution in [0.4, 0.5) is 5.69 Å². The number of aryl methyl sites for hydroxylation is 1. The van der Waals surface area contributed by atoms with Crippen molar-refractivity contribution in [3.63, 3.8) is 0 Å². The van der Waals surface area contributed by atoms with Gasteiger partial charge in [0.2, 0.25) is 0 Å². The maximum Gasteiger partial charge on any atom is 0.261 e. The van der Waals surface area contributed by atoms with Gasteiger partial charge in [-0.15, -0.1) is 0 Å². The molecule has 0 aliphatic heterocycles. The molecule has 0 bridgehead atoms. The van der Waals surface area contributed by atoms with Gasteiger partial charge < -0.3 is 14.7 Å². The summed E-state index contributed by atoms with van der Waals surface area (Å²) >= 11 is 5.98. The average Bonchev–Trinajstić information content (AvgIpc) is 3.18. The quantitative estimate of drug-likeness (QED) is 0.697. The van der Waals surface area contributed by atoms with Gasteiger partial charge in [-0.05, 0) is 49.2 Å². The Hall–Kier alpha value is -3.12. The molecule has 4 rings (SSSR count). The minimum absolute atomic E-state index is 0.108. The van der Waals surface area contributed by atoms with Gasteiger partial charge in [0.25, 0.3) is 11.5 Å². The van der Waals surface area contributed by atoms with Gasteiger partial charge in [-0.25, -0.2) is 0 Å². The van der Waals surface area contributed by atoms with Crippen LogP contribution in [0.3, 0.4) is 0 Å². The number of pyridine rings is 1. The molecule has 3 aromatic rings. The van der Waals surface area contributed by atoms with Crippen molar-refractivity contribution in [1.29, 1.82) is 0 Å². The third kappa shape index (κ3) is 3.39. The summed E-state index contributed by atoms with van der Waals surface area (Å²) in [6.45, 7) is 1.82. The third-order valence-electron chi connectivity index (χ3n) is 4.94. The van der Waals surface area contributed by atoms with E-state index in [1.54, 1.807) is 30.5 Å². The lowest BCUT2D eigenvalue weighted by Crippen LogP contribution is -2.29. The second kappa shape index (κ2) is 7.13. The van der Waals surface area contributed by atoms with Gasteiger partial charge in [-0.2, -0.15) is 0 Å². The number of fused-ring (bicyclic) bond motifs is 1. The minimum atomic E-state index is -0.588. The van der Waals surface area contributed by atoms with E-state index in [0.717, 1.165) is 5.56 Å². The highest BCUT2D eigenvalue weighted by atomic mass is 35.5. The van der Waals surface area contributed by atoms with E-state index in [2.05, 4.69) is 10.3 Å².